The Morgan fingerprint density at radius 3 is 1.53 bits per heavy atom. The Labute approximate surface area is 94.8 Å². The Hall–Kier alpha value is -0.160. The van der Waals surface area contributed by atoms with Gasteiger partial charge in [-0.15, -0.1) is 0 Å². The number of hydrogen-bond donors (Lipinski definition) is 4. The molecule has 0 heterocycles. The minimum absolute atomic E-state index is 0.227. The number of nitrogens with two attached hydrogens (primary N) is 4. The number of unbranched alkanes of at least 4 members (excludes halogenated alkanes) is 3. The molecule has 4 nitrogen and oxygen atoms in total. The largest absolute Gasteiger partial charge is 0.330 e. The second-order valence-electron chi connectivity index (χ2n) is 3.78. The third-order valence-corrected chi connectivity index (χ3v) is 2.12. The van der Waals surface area contributed by atoms with Gasteiger partial charge in [0.25, 0.3) is 0 Å². The van der Waals surface area contributed by atoms with Crippen molar-refractivity contribution in [3.05, 3.63) is 0 Å². The Morgan fingerprint density at radius 1 is 0.867 bits per heavy atom. The van der Waals surface area contributed by atoms with E-state index in [1.165, 1.54) is 12.8 Å². The maximum Gasteiger partial charge on any atom is 0.0162 e. The van der Waals surface area contributed by atoms with E-state index in [9.17, 15) is 0 Å². The van der Waals surface area contributed by atoms with Crippen molar-refractivity contribution >= 4 is 0 Å². The summed E-state index contributed by atoms with van der Waals surface area (Å²) in [6, 6.07) is 0.227. The molecule has 0 aromatic carbocycles. The van der Waals surface area contributed by atoms with Gasteiger partial charge >= 0.3 is 0 Å². The van der Waals surface area contributed by atoms with Gasteiger partial charge in [-0.1, -0.05) is 26.2 Å². The maximum absolute atomic E-state index is 5.46. The van der Waals surface area contributed by atoms with Crippen LogP contribution in [0.5, 0.6) is 0 Å². The van der Waals surface area contributed by atoms with Crippen LogP contribution in [0.3, 0.4) is 0 Å². The van der Waals surface area contributed by atoms with Crippen molar-refractivity contribution in [2.45, 2.75) is 51.5 Å². The first-order valence-corrected chi connectivity index (χ1v) is 6.08. The molecule has 0 rings (SSSR count). The predicted octanol–water partition coefficient (Wildman–Crippen LogP) is 0.537. The monoisotopic (exact) mass is 218 g/mol. The van der Waals surface area contributed by atoms with Crippen LogP contribution in [0.1, 0.15) is 45.4 Å². The second kappa shape index (κ2) is 16.3. The summed E-state index contributed by atoms with van der Waals surface area (Å²) in [5.41, 5.74) is 21.3. The minimum Gasteiger partial charge on any atom is -0.330 e. The Morgan fingerprint density at radius 2 is 1.33 bits per heavy atom. The Balaban J connectivity index is 0. The molecule has 15 heavy (non-hydrogen) atoms. The first kappa shape index (κ1) is 17.2. The van der Waals surface area contributed by atoms with E-state index in [1.54, 1.807) is 0 Å². The van der Waals surface area contributed by atoms with E-state index in [-0.39, 0.29) is 6.04 Å². The van der Waals surface area contributed by atoms with Gasteiger partial charge in [0, 0.05) is 12.6 Å². The van der Waals surface area contributed by atoms with Crippen molar-refractivity contribution in [2.24, 2.45) is 22.9 Å². The summed E-state index contributed by atoms with van der Waals surface area (Å²) in [5.74, 6) is 0. The lowest BCUT2D eigenvalue weighted by molar-refractivity contribution is 0.612. The molecule has 0 aromatic heterocycles. The van der Waals surface area contributed by atoms with Crippen LogP contribution in [-0.4, -0.2) is 25.7 Å². The maximum atomic E-state index is 5.46. The molecule has 0 aliphatic rings. The lowest BCUT2D eigenvalue weighted by Crippen LogP contribution is -2.28. The van der Waals surface area contributed by atoms with Crippen molar-refractivity contribution < 1.29 is 0 Å². The number of hydrogen-bond acceptors (Lipinski definition) is 4. The highest BCUT2D eigenvalue weighted by molar-refractivity contribution is 4.58. The molecular formula is C11H30N4. The van der Waals surface area contributed by atoms with Crippen molar-refractivity contribution in [3.8, 4) is 0 Å². The quantitative estimate of drug-likeness (QED) is 0.446. The average Bonchev–Trinajstić information content (AvgIpc) is 2.26. The molecule has 0 aliphatic carbocycles. The fourth-order valence-corrected chi connectivity index (χ4v) is 1.13. The summed E-state index contributed by atoms with van der Waals surface area (Å²) in [6.07, 6.45) is 6.98. The molecule has 1 unspecified atom stereocenters. The van der Waals surface area contributed by atoms with E-state index in [0.717, 1.165) is 38.8 Å². The van der Waals surface area contributed by atoms with Crippen molar-refractivity contribution in [1.29, 1.82) is 0 Å². The number of rotatable bonds is 8. The summed E-state index contributed by atoms with van der Waals surface area (Å²) >= 11 is 0. The SMILES string of the molecule is CCCC(N)CN.NCCCCCCN. The van der Waals surface area contributed by atoms with E-state index in [2.05, 4.69) is 6.92 Å². The molecule has 0 radical (unpaired) electrons. The highest BCUT2D eigenvalue weighted by Crippen LogP contribution is 1.95. The lowest BCUT2D eigenvalue weighted by atomic mass is 10.2. The molecule has 0 amide bonds. The van der Waals surface area contributed by atoms with Crippen LogP contribution in [0.4, 0.5) is 0 Å². The van der Waals surface area contributed by atoms with Gasteiger partial charge in [0.15, 0.2) is 0 Å². The summed E-state index contributed by atoms with van der Waals surface area (Å²) < 4.78 is 0. The van der Waals surface area contributed by atoms with Gasteiger partial charge in [-0.2, -0.15) is 0 Å². The topological polar surface area (TPSA) is 104 Å². The molecule has 0 aromatic rings. The van der Waals surface area contributed by atoms with Crippen molar-refractivity contribution in [3.63, 3.8) is 0 Å². The zero-order chi connectivity index (χ0) is 11.9. The molecule has 94 valence electrons. The van der Waals surface area contributed by atoms with Gasteiger partial charge in [-0.05, 0) is 32.4 Å². The van der Waals surface area contributed by atoms with Gasteiger partial charge in [-0.25, -0.2) is 0 Å². The third kappa shape index (κ3) is 20.0. The molecule has 1 atom stereocenters. The zero-order valence-electron chi connectivity index (χ0n) is 10.3. The zero-order valence-corrected chi connectivity index (χ0v) is 10.3. The molecular weight excluding hydrogens is 188 g/mol. The van der Waals surface area contributed by atoms with E-state index in [0.29, 0.717) is 6.54 Å². The van der Waals surface area contributed by atoms with Crippen molar-refractivity contribution in [2.75, 3.05) is 19.6 Å². The molecule has 0 spiro atoms. The normalized spacial score (nSPS) is 11.8. The van der Waals surface area contributed by atoms with Crippen LogP contribution in [0.15, 0.2) is 0 Å². The summed E-state index contributed by atoms with van der Waals surface area (Å²) in [7, 11) is 0. The summed E-state index contributed by atoms with van der Waals surface area (Å²) in [6.45, 7) is 4.37. The smallest absolute Gasteiger partial charge is 0.0162 e. The molecule has 0 aliphatic heterocycles. The molecule has 4 heteroatoms. The standard InChI is InChI=1S/C6H16N2.C5H14N2/c7-5-3-1-2-4-6-8;1-2-3-5(7)4-6/h1-8H2;5H,2-4,6-7H2,1H3. The highest BCUT2D eigenvalue weighted by Gasteiger charge is 1.93. The molecule has 0 saturated carbocycles. The van der Waals surface area contributed by atoms with Crippen LogP contribution >= 0.6 is 0 Å². The molecule has 0 fully saturated rings. The van der Waals surface area contributed by atoms with Gasteiger partial charge in [0.2, 0.25) is 0 Å². The molecule has 8 N–H and O–H groups in total. The summed E-state index contributed by atoms with van der Waals surface area (Å²) in [4.78, 5) is 0. The van der Waals surface area contributed by atoms with E-state index >= 15 is 0 Å². The van der Waals surface area contributed by atoms with Crippen LogP contribution in [-0.2, 0) is 0 Å². The van der Waals surface area contributed by atoms with Gasteiger partial charge in [0.1, 0.15) is 0 Å². The fourth-order valence-electron chi connectivity index (χ4n) is 1.13. The van der Waals surface area contributed by atoms with E-state index < -0.39 is 0 Å². The second-order valence-corrected chi connectivity index (χ2v) is 3.78. The third-order valence-electron chi connectivity index (χ3n) is 2.12. The van der Waals surface area contributed by atoms with E-state index in [4.69, 9.17) is 22.9 Å². The van der Waals surface area contributed by atoms with Crippen LogP contribution in [0, 0.1) is 0 Å². The molecule has 0 bridgehead atoms. The molecule has 0 saturated heterocycles. The van der Waals surface area contributed by atoms with Gasteiger partial charge < -0.3 is 22.9 Å². The average molecular weight is 218 g/mol. The van der Waals surface area contributed by atoms with Gasteiger partial charge in [-0.3, -0.25) is 0 Å². The lowest BCUT2D eigenvalue weighted by Gasteiger charge is -2.03. The Kier molecular flexibility index (Phi) is 18.7. The van der Waals surface area contributed by atoms with Crippen LogP contribution in [0.2, 0.25) is 0 Å². The predicted molar refractivity (Wildman–Crippen MR) is 68.5 cm³/mol. The highest BCUT2D eigenvalue weighted by atomic mass is 14.7. The Bertz CT molecular complexity index is 92.6. The van der Waals surface area contributed by atoms with Crippen molar-refractivity contribution in [1.82, 2.24) is 0 Å². The minimum atomic E-state index is 0.227. The van der Waals surface area contributed by atoms with Crippen LogP contribution in [0.25, 0.3) is 0 Å². The fraction of sp³-hybridized carbons (Fsp3) is 1.00. The van der Waals surface area contributed by atoms with Crippen LogP contribution < -0.4 is 22.9 Å². The van der Waals surface area contributed by atoms with E-state index in [1.807, 2.05) is 0 Å². The summed E-state index contributed by atoms with van der Waals surface area (Å²) in [5, 5.41) is 0. The first-order valence-electron chi connectivity index (χ1n) is 6.08. The van der Waals surface area contributed by atoms with Gasteiger partial charge in [0.05, 0.1) is 0 Å². The first-order chi connectivity index (χ1) is 7.22.